The maximum absolute atomic E-state index is 0. The minimum absolute atomic E-state index is 0. The molecule has 0 aliphatic carbocycles. The van der Waals surface area contributed by atoms with Crippen LogP contribution in [0, 0.1) is 81.7 Å². The van der Waals surface area contributed by atoms with Crippen molar-refractivity contribution < 1.29 is 120 Å². The minimum Gasteiger partial charge on any atom is -2.00 e. The van der Waals surface area contributed by atoms with Gasteiger partial charge in [-0.3, -0.25) is 0 Å². The van der Waals surface area contributed by atoms with Gasteiger partial charge in [0.1, 0.15) is 0 Å². The van der Waals surface area contributed by atoms with Crippen molar-refractivity contribution in [3.8, 4) is 0 Å². The van der Waals surface area contributed by atoms with E-state index in [0.717, 1.165) is 0 Å². The van der Waals surface area contributed by atoms with E-state index < -0.39 is 0 Å². The fraction of sp³-hybridized carbons (Fsp3) is 0. The first-order valence-corrected chi connectivity index (χ1v) is 0. The maximum atomic E-state index is 0. The van der Waals surface area contributed by atoms with Gasteiger partial charge in [0.05, 0.1) is 0 Å². The largest absolute Gasteiger partial charge is 3.00 e. The van der Waals surface area contributed by atoms with Crippen LogP contribution in [0.4, 0.5) is 0 Å². The molecule has 0 unspecified atom stereocenters. The molecular weight excluding hydrogens is 411 g/mol. The summed E-state index contributed by atoms with van der Waals surface area (Å²) in [5, 5.41) is 0. The second-order valence-corrected chi connectivity index (χ2v) is 0. The molecule has 0 saturated carbocycles. The molecule has 0 aromatic rings. The van der Waals surface area contributed by atoms with Crippen LogP contribution in [0.5, 0.6) is 0 Å². The molecule has 0 bridgehead atoms. The van der Waals surface area contributed by atoms with E-state index in [1.807, 2.05) is 0 Å². The van der Waals surface area contributed by atoms with Crippen LogP contribution in [0.3, 0.4) is 0 Å². The topological polar surface area (TPSA) is 114 Å². The van der Waals surface area contributed by atoms with Crippen molar-refractivity contribution in [2.24, 2.45) is 0 Å². The molecule has 0 aliphatic heterocycles. The zero-order valence-electron chi connectivity index (χ0n) is 2.95. The van der Waals surface area contributed by atoms with Gasteiger partial charge in [-0.05, 0) is 0 Å². The first-order valence-electron chi connectivity index (χ1n) is 0. The fourth-order valence-corrected chi connectivity index (χ4v) is 0. The Morgan fingerprint density at radius 3 is 0.429 bits per heavy atom. The Kier molecular flexibility index (Phi) is 805. The summed E-state index contributed by atoms with van der Waals surface area (Å²) in [7, 11) is 0. The van der Waals surface area contributed by atoms with Crippen LogP contribution in [0.1, 0.15) is 0 Å². The quantitative estimate of drug-likeness (QED) is 0.480. The second-order valence-electron chi connectivity index (χ2n) is 0. The zero-order chi connectivity index (χ0) is 0. The van der Waals surface area contributed by atoms with Crippen molar-refractivity contribution in [2.45, 2.75) is 0 Å². The van der Waals surface area contributed by atoms with Gasteiger partial charge in [-0.1, -0.05) is 0 Å². The van der Waals surface area contributed by atoms with Gasteiger partial charge in [0.2, 0.25) is 0 Å². The van der Waals surface area contributed by atoms with Crippen LogP contribution >= 0.6 is 0 Å². The van der Waals surface area contributed by atoms with Gasteiger partial charge in [0.15, 0.2) is 0 Å². The van der Waals surface area contributed by atoms with E-state index >= 15 is 0 Å². The van der Waals surface area contributed by atoms with Crippen LogP contribution in [-0.2, 0) is 38.4 Å². The molecule has 42 valence electrons. The summed E-state index contributed by atoms with van der Waals surface area (Å²) >= 11 is 0. The van der Waals surface area contributed by atoms with Gasteiger partial charge >= 0.3 is 98.2 Å². The Balaban J connectivity index is 0. The molecule has 0 aromatic carbocycles. The molecule has 2 radical (unpaired) electrons. The van der Waals surface area contributed by atoms with Crippen molar-refractivity contribution in [1.29, 1.82) is 0 Å². The van der Waals surface area contributed by atoms with Gasteiger partial charge in [-0.15, -0.1) is 0 Å². The molecule has 0 fully saturated rings. The third-order valence-electron chi connectivity index (χ3n) is 0. The van der Waals surface area contributed by atoms with E-state index in [4.69, 9.17) is 0 Å². The molecule has 0 saturated heterocycles. The molecule has 0 rings (SSSR count). The summed E-state index contributed by atoms with van der Waals surface area (Å²) in [6, 6.07) is 0. The summed E-state index contributed by atoms with van der Waals surface area (Å²) in [4.78, 5) is 0. The van der Waals surface area contributed by atoms with Gasteiger partial charge < -0.3 is 21.9 Å². The van der Waals surface area contributed by atoms with Crippen molar-refractivity contribution in [3.63, 3.8) is 0 Å². The van der Waals surface area contributed by atoms with E-state index in [1.54, 1.807) is 0 Å². The van der Waals surface area contributed by atoms with Crippen LogP contribution in [0.15, 0.2) is 0 Å². The molecule has 4 nitrogen and oxygen atoms in total. The van der Waals surface area contributed by atoms with Gasteiger partial charge in [0.25, 0.3) is 0 Å². The monoisotopic (exact) mass is 406 g/mol. The van der Waals surface area contributed by atoms with Crippen molar-refractivity contribution in [1.82, 2.24) is 0 Å². The zero-order valence-corrected chi connectivity index (χ0v) is 10.4. The third kappa shape index (κ3) is 48.5. The smallest absolute Gasteiger partial charge is 2.00 e. The molecule has 7 heteroatoms. The molecule has 0 spiro atoms. The Morgan fingerprint density at radius 2 is 0.429 bits per heavy atom. The average Bonchev–Trinajstić information content (AvgIpc) is 0. The van der Waals surface area contributed by atoms with Crippen LogP contribution in [0.2, 0.25) is 0 Å². The predicted octanol–water partition coefficient (Wildman–Crippen LogP) is -0.478. The normalized spacial score (nSPS) is 0. The van der Waals surface area contributed by atoms with Gasteiger partial charge in [0, 0.05) is 0 Å². The number of hydrogen-bond donors (Lipinski definition) is 0. The molecule has 0 amide bonds. The van der Waals surface area contributed by atoms with E-state index in [1.165, 1.54) is 0 Å². The van der Waals surface area contributed by atoms with Crippen molar-refractivity contribution in [3.05, 3.63) is 0 Å². The Hall–Kier alpha value is 3.03. The number of rotatable bonds is 0. The Morgan fingerprint density at radius 1 is 0.429 bits per heavy atom. The SMILES string of the molecule is [Nd+3].[Nd+3].[Ni+2].[O-2].[O-2].[O-2].[O-2]. The summed E-state index contributed by atoms with van der Waals surface area (Å²) in [6.45, 7) is 0. The molecular formula is Nd2NiO4. The van der Waals surface area contributed by atoms with E-state index in [9.17, 15) is 0 Å². The summed E-state index contributed by atoms with van der Waals surface area (Å²) in [5.41, 5.74) is 0. The molecule has 0 aromatic heterocycles. The van der Waals surface area contributed by atoms with Crippen LogP contribution < -0.4 is 0 Å². The third-order valence-corrected chi connectivity index (χ3v) is 0. The Bertz CT molecular complexity index is 9.65. The fourth-order valence-electron chi connectivity index (χ4n) is 0. The summed E-state index contributed by atoms with van der Waals surface area (Å²) < 4.78 is 0. The molecule has 0 aliphatic rings. The molecule has 0 N–H and O–H groups in total. The van der Waals surface area contributed by atoms with Crippen LogP contribution in [0.25, 0.3) is 0 Å². The second kappa shape index (κ2) is 63.3. The first-order chi connectivity index (χ1) is 0. The minimum atomic E-state index is 0. The molecule has 0 atom stereocenters. The van der Waals surface area contributed by atoms with E-state index in [0.29, 0.717) is 0 Å². The van der Waals surface area contributed by atoms with Gasteiger partial charge in [-0.2, -0.15) is 0 Å². The number of hydrogen-bond acceptors (Lipinski definition) is 0. The predicted molar refractivity (Wildman–Crippen MR) is 2.75 cm³/mol. The standard InChI is InChI=1S/2Nd.Ni.4O/q2*+3;+2;4*-2. The van der Waals surface area contributed by atoms with Crippen LogP contribution in [-0.4, -0.2) is 0 Å². The maximum Gasteiger partial charge on any atom is 3.00 e. The van der Waals surface area contributed by atoms with Crippen molar-refractivity contribution >= 4 is 0 Å². The van der Waals surface area contributed by atoms with E-state index in [2.05, 4.69) is 0 Å². The Labute approximate surface area is 117 Å². The van der Waals surface area contributed by atoms with Gasteiger partial charge in [-0.25, -0.2) is 0 Å². The summed E-state index contributed by atoms with van der Waals surface area (Å²) in [6.07, 6.45) is 0. The average molecular weight is 411 g/mol. The summed E-state index contributed by atoms with van der Waals surface area (Å²) in [5.74, 6) is 0. The van der Waals surface area contributed by atoms with Crippen molar-refractivity contribution in [2.75, 3.05) is 0 Å². The molecule has 0 heterocycles. The first kappa shape index (κ1) is 88.9. The molecule has 7 heavy (non-hydrogen) atoms. The van der Waals surface area contributed by atoms with E-state index in [-0.39, 0.29) is 120 Å².